The van der Waals surface area contributed by atoms with Crippen LogP contribution in [0.3, 0.4) is 0 Å². The van der Waals surface area contributed by atoms with Gasteiger partial charge in [0.05, 0.1) is 0 Å². The zero-order valence-corrected chi connectivity index (χ0v) is 12.5. The number of terminal acetylenes is 1. The summed E-state index contributed by atoms with van der Waals surface area (Å²) in [6, 6.07) is 8.71. The van der Waals surface area contributed by atoms with Crippen molar-refractivity contribution in [3.8, 4) is 12.3 Å². The van der Waals surface area contributed by atoms with Gasteiger partial charge < -0.3 is 11.5 Å². The number of anilines is 1. The lowest BCUT2D eigenvalue weighted by Gasteiger charge is -2.26. The first-order valence-corrected chi connectivity index (χ1v) is 7.15. The fourth-order valence-corrected chi connectivity index (χ4v) is 2.22. The summed E-state index contributed by atoms with van der Waals surface area (Å²) in [5, 5.41) is 0. The molecule has 2 nitrogen and oxygen atoms in total. The van der Waals surface area contributed by atoms with E-state index in [9.17, 15) is 0 Å². The lowest BCUT2D eigenvalue weighted by molar-refractivity contribution is 0.395. The summed E-state index contributed by atoms with van der Waals surface area (Å²) in [6.45, 7) is 5.65. The van der Waals surface area contributed by atoms with Crippen molar-refractivity contribution in [1.29, 1.82) is 0 Å². The molecular formula is C17H28N2. The Bertz CT molecular complexity index is 354. The average Bonchev–Trinajstić information content (AvgIpc) is 2.44. The smallest absolute Gasteiger partial charge is 0.0314 e. The van der Waals surface area contributed by atoms with E-state index in [0.717, 1.165) is 18.5 Å². The maximum atomic E-state index is 5.88. The van der Waals surface area contributed by atoms with Crippen LogP contribution >= 0.6 is 0 Å². The second kappa shape index (κ2) is 10.5. The Hall–Kier alpha value is -1.46. The highest BCUT2D eigenvalue weighted by Crippen LogP contribution is 2.32. The molecular weight excluding hydrogens is 232 g/mol. The Morgan fingerprint density at radius 2 is 1.47 bits per heavy atom. The van der Waals surface area contributed by atoms with Crippen LogP contribution in [-0.2, 0) is 0 Å². The van der Waals surface area contributed by atoms with E-state index in [4.69, 9.17) is 11.5 Å². The molecule has 0 bridgehead atoms. The molecule has 0 atom stereocenters. The maximum Gasteiger partial charge on any atom is 0.0314 e. The number of hydrogen-bond donors (Lipinski definition) is 2. The predicted molar refractivity (Wildman–Crippen MR) is 85.9 cm³/mol. The van der Waals surface area contributed by atoms with Crippen LogP contribution in [-0.4, -0.2) is 6.04 Å². The third-order valence-corrected chi connectivity index (χ3v) is 3.18. The number of hydrogen-bond acceptors (Lipinski definition) is 2. The Morgan fingerprint density at radius 3 is 1.89 bits per heavy atom. The van der Waals surface area contributed by atoms with Gasteiger partial charge in [-0.2, -0.15) is 0 Å². The van der Waals surface area contributed by atoms with Crippen molar-refractivity contribution in [2.24, 2.45) is 5.73 Å². The molecule has 106 valence electrons. The first kappa shape index (κ1) is 17.5. The van der Waals surface area contributed by atoms with Crippen molar-refractivity contribution in [1.82, 2.24) is 0 Å². The molecule has 1 aromatic rings. The summed E-state index contributed by atoms with van der Waals surface area (Å²) in [5.41, 5.74) is 13.8. The fourth-order valence-electron chi connectivity index (χ4n) is 2.22. The van der Waals surface area contributed by atoms with E-state index in [-0.39, 0.29) is 0 Å². The lowest BCUT2D eigenvalue weighted by Crippen LogP contribution is -2.25. The van der Waals surface area contributed by atoms with Gasteiger partial charge in [0.2, 0.25) is 0 Å². The molecule has 1 fully saturated rings. The molecule has 2 rings (SSSR count). The van der Waals surface area contributed by atoms with Crippen molar-refractivity contribution >= 4 is 5.69 Å². The molecule has 0 saturated heterocycles. The Morgan fingerprint density at radius 1 is 1.05 bits per heavy atom. The molecule has 1 aliphatic rings. The first-order chi connectivity index (χ1) is 9.17. The topological polar surface area (TPSA) is 52.0 Å². The third kappa shape index (κ3) is 6.88. The van der Waals surface area contributed by atoms with Gasteiger partial charge in [0.1, 0.15) is 0 Å². The predicted octanol–water partition coefficient (Wildman–Crippen LogP) is 3.92. The summed E-state index contributed by atoms with van der Waals surface area (Å²) >= 11 is 0. The molecule has 19 heavy (non-hydrogen) atoms. The van der Waals surface area contributed by atoms with Gasteiger partial charge in [-0.25, -0.2) is 0 Å². The molecule has 0 heterocycles. The van der Waals surface area contributed by atoms with E-state index in [1.54, 1.807) is 6.92 Å². The van der Waals surface area contributed by atoms with Crippen LogP contribution in [0.25, 0.3) is 0 Å². The third-order valence-electron chi connectivity index (χ3n) is 3.18. The summed E-state index contributed by atoms with van der Waals surface area (Å²) in [7, 11) is 0. The van der Waals surface area contributed by atoms with E-state index < -0.39 is 0 Å². The van der Waals surface area contributed by atoms with E-state index in [0.29, 0.717) is 12.0 Å². The van der Waals surface area contributed by atoms with Gasteiger partial charge in [0.25, 0.3) is 0 Å². The number of nitrogen functional groups attached to an aromatic ring is 1. The molecule has 0 aromatic heterocycles. The monoisotopic (exact) mass is 260 g/mol. The van der Waals surface area contributed by atoms with E-state index in [1.807, 2.05) is 26.0 Å². The van der Waals surface area contributed by atoms with E-state index in [1.165, 1.54) is 18.4 Å². The van der Waals surface area contributed by atoms with Crippen LogP contribution in [0, 0.1) is 12.3 Å². The summed E-state index contributed by atoms with van der Waals surface area (Å²) in [6.07, 6.45) is 9.38. The van der Waals surface area contributed by atoms with Crippen LogP contribution in [0.1, 0.15) is 57.9 Å². The van der Waals surface area contributed by atoms with Crippen LogP contribution in [0.15, 0.2) is 24.3 Å². The highest BCUT2D eigenvalue weighted by atomic mass is 14.6. The molecule has 1 saturated carbocycles. The molecule has 0 aliphatic heterocycles. The van der Waals surface area contributed by atoms with Gasteiger partial charge in [-0.3, -0.25) is 0 Å². The minimum absolute atomic E-state index is 0.431. The van der Waals surface area contributed by atoms with Crippen LogP contribution in [0.5, 0.6) is 0 Å². The molecule has 0 unspecified atom stereocenters. The summed E-state index contributed by atoms with van der Waals surface area (Å²) < 4.78 is 0. The zero-order chi connectivity index (χ0) is 14.7. The first-order valence-electron chi connectivity index (χ1n) is 7.15. The highest BCUT2D eigenvalue weighted by molar-refractivity contribution is 5.40. The van der Waals surface area contributed by atoms with Gasteiger partial charge in [-0.05, 0) is 56.2 Å². The SMILES string of the molecule is C#CC.CC.Nc1ccc(C2CCC(N)CC2)cc1. The molecule has 0 amide bonds. The van der Waals surface area contributed by atoms with Gasteiger partial charge in [0.15, 0.2) is 0 Å². The number of nitrogens with two attached hydrogens (primary N) is 2. The van der Waals surface area contributed by atoms with Gasteiger partial charge in [0, 0.05) is 11.7 Å². The maximum absolute atomic E-state index is 5.88. The zero-order valence-electron chi connectivity index (χ0n) is 12.5. The number of rotatable bonds is 1. The largest absolute Gasteiger partial charge is 0.399 e. The molecule has 0 radical (unpaired) electrons. The normalized spacial score (nSPS) is 21.0. The Balaban J connectivity index is 0.000000573. The minimum atomic E-state index is 0.431. The summed E-state index contributed by atoms with van der Waals surface area (Å²) in [5.74, 6) is 2.95. The van der Waals surface area contributed by atoms with Crippen LogP contribution < -0.4 is 11.5 Å². The molecule has 0 spiro atoms. The quantitative estimate of drug-likeness (QED) is 0.594. The molecule has 1 aromatic carbocycles. The molecule has 1 aliphatic carbocycles. The minimum Gasteiger partial charge on any atom is -0.399 e. The van der Waals surface area contributed by atoms with Crippen molar-refractivity contribution in [3.63, 3.8) is 0 Å². The fraction of sp³-hybridized carbons (Fsp3) is 0.529. The second-order valence-corrected chi connectivity index (χ2v) is 4.57. The van der Waals surface area contributed by atoms with Crippen molar-refractivity contribution < 1.29 is 0 Å². The van der Waals surface area contributed by atoms with Gasteiger partial charge >= 0.3 is 0 Å². The molecule has 4 N–H and O–H groups in total. The van der Waals surface area contributed by atoms with Gasteiger partial charge in [-0.1, -0.05) is 26.0 Å². The Labute approximate surface area is 118 Å². The molecule has 2 heteroatoms. The summed E-state index contributed by atoms with van der Waals surface area (Å²) in [4.78, 5) is 0. The van der Waals surface area contributed by atoms with E-state index >= 15 is 0 Å². The van der Waals surface area contributed by atoms with Gasteiger partial charge in [-0.15, -0.1) is 12.3 Å². The van der Waals surface area contributed by atoms with Crippen molar-refractivity contribution in [2.75, 3.05) is 5.73 Å². The van der Waals surface area contributed by atoms with Crippen LogP contribution in [0.2, 0.25) is 0 Å². The lowest BCUT2D eigenvalue weighted by atomic mass is 9.82. The van der Waals surface area contributed by atoms with E-state index in [2.05, 4.69) is 24.5 Å². The second-order valence-electron chi connectivity index (χ2n) is 4.57. The Kier molecular flexibility index (Phi) is 9.66. The average molecular weight is 260 g/mol. The van der Waals surface area contributed by atoms with Crippen molar-refractivity contribution in [2.45, 2.75) is 58.4 Å². The standard InChI is InChI=1S/C12H18N2.C3H4.C2H6/c13-11-5-1-9(2-6-11)10-3-7-12(14)8-4-10;1-3-2;1-2/h1-2,5-6,10,12H,3-4,7-8,13-14H2;1H,2H3;1-2H3. The highest BCUT2D eigenvalue weighted by Gasteiger charge is 2.19. The van der Waals surface area contributed by atoms with Crippen molar-refractivity contribution in [3.05, 3.63) is 29.8 Å². The number of benzene rings is 1. The van der Waals surface area contributed by atoms with Crippen LogP contribution in [0.4, 0.5) is 5.69 Å².